The summed E-state index contributed by atoms with van der Waals surface area (Å²) >= 11 is 0.894. The maximum Gasteiger partial charge on any atom is 0.293 e. The summed E-state index contributed by atoms with van der Waals surface area (Å²) < 4.78 is 5.99. The van der Waals surface area contributed by atoms with Crippen LogP contribution in [0.2, 0.25) is 0 Å². The van der Waals surface area contributed by atoms with E-state index in [9.17, 15) is 14.9 Å². The first-order chi connectivity index (χ1) is 15.5. The highest BCUT2D eigenvalue weighted by Gasteiger charge is 2.35. The average Bonchev–Trinajstić information content (AvgIpc) is 3.07. The number of benzene rings is 3. The van der Waals surface area contributed by atoms with Crippen LogP contribution >= 0.6 is 11.8 Å². The SMILES string of the molecule is Cc1ccc(COc2ccccc2/C=C2/SC(=O)N(Cc3ccccc3C#N)C2=O)cc1. The minimum absolute atomic E-state index is 0.0668. The van der Waals surface area contributed by atoms with E-state index in [4.69, 9.17) is 4.74 Å². The molecule has 0 N–H and O–H groups in total. The van der Waals surface area contributed by atoms with Crippen LogP contribution in [0.15, 0.2) is 77.7 Å². The molecule has 6 heteroatoms. The Bertz CT molecular complexity index is 1240. The van der Waals surface area contributed by atoms with E-state index in [-0.39, 0.29) is 17.7 Å². The number of carbonyl (C=O) groups is 2. The molecule has 0 radical (unpaired) electrons. The van der Waals surface area contributed by atoms with Gasteiger partial charge in [0.05, 0.1) is 23.1 Å². The van der Waals surface area contributed by atoms with Gasteiger partial charge in [-0.05, 0) is 48.0 Å². The van der Waals surface area contributed by atoms with E-state index in [1.54, 1.807) is 30.3 Å². The number of nitrogens with zero attached hydrogens (tertiary/aromatic N) is 2. The van der Waals surface area contributed by atoms with Crippen molar-refractivity contribution in [1.29, 1.82) is 5.26 Å². The third kappa shape index (κ3) is 4.74. The summed E-state index contributed by atoms with van der Waals surface area (Å²) in [5.74, 6) is 0.260. The lowest BCUT2D eigenvalue weighted by Crippen LogP contribution is -2.27. The highest BCUT2D eigenvalue weighted by molar-refractivity contribution is 8.18. The van der Waals surface area contributed by atoms with Gasteiger partial charge in [0.2, 0.25) is 0 Å². The maximum absolute atomic E-state index is 12.9. The second kappa shape index (κ2) is 9.54. The summed E-state index contributed by atoms with van der Waals surface area (Å²) in [5.41, 5.74) is 4.04. The summed E-state index contributed by atoms with van der Waals surface area (Å²) in [6.45, 7) is 2.50. The van der Waals surface area contributed by atoms with Crippen LogP contribution in [0.4, 0.5) is 4.79 Å². The van der Waals surface area contributed by atoms with E-state index in [1.165, 1.54) is 10.5 Å². The van der Waals surface area contributed by atoms with Gasteiger partial charge in [-0.1, -0.05) is 66.2 Å². The number of para-hydroxylation sites is 1. The predicted octanol–water partition coefficient (Wildman–Crippen LogP) is 5.68. The predicted molar refractivity (Wildman–Crippen MR) is 125 cm³/mol. The maximum atomic E-state index is 12.9. The molecule has 4 rings (SSSR count). The Kier molecular flexibility index (Phi) is 6.39. The summed E-state index contributed by atoms with van der Waals surface area (Å²) in [6, 6.07) is 24.6. The number of rotatable bonds is 6. The van der Waals surface area contributed by atoms with Gasteiger partial charge in [-0.15, -0.1) is 0 Å². The topological polar surface area (TPSA) is 70.4 Å². The molecule has 1 heterocycles. The molecule has 5 nitrogen and oxygen atoms in total. The Balaban J connectivity index is 1.53. The van der Waals surface area contributed by atoms with Crippen molar-refractivity contribution in [3.8, 4) is 11.8 Å². The molecule has 32 heavy (non-hydrogen) atoms. The largest absolute Gasteiger partial charge is 0.488 e. The fraction of sp³-hybridized carbons (Fsp3) is 0.115. The summed E-state index contributed by atoms with van der Waals surface area (Å²) in [7, 11) is 0. The molecule has 1 saturated heterocycles. The Morgan fingerprint density at radius 3 is 2.50 bits per heavy atom. The number of carbonyl (C=O) groups excluding carboxylic acids is 2. The Morgan fingerprint density at radius 2 is 1.72 bits per heavy atom. The molecule has 1 fully saturated rings. The van der Waals surface area contributed by atoms with Gasteiger partial charge in [-0.25, -0.2) is 0 Å². The van der Waals surface area contributed by atoms with E-state index >= 15 is 0 Å². The Hall–Kier alpha value is -3.82. The highest BCUT2D eigenvalue weighted by atomic mass is 32.2. The first-order valence-corrected chi connectivity index (χ1v) is 10.9. The minimum atomic E-state index is -0.374. The van der Waals surface area contributed by atoms with Crippen molar-refractivity contribution in [2.45, 2.75) is 20.1 Å². The number of nitriles is 1. The first kappa shape index (κ1) is 21.4. The molecular formula is C26H20N2O3S. The highest BCUT2D eigenvalue weighted by Crippen LogP contribution is 2.35. The quantitative estimate of drug-likeness (QED) is 0.461. The van der Waals surface area contributed by atoms with Crippen molar-refractivity contribution in [3.63, 3.8) is 0 Å². The number of hydrogen-bond donors (Lipinski definition) is 0. The van der Waals surface area contributed by atoms with Gasteiger partial charge in [-0.3, -0.25) is 14.5 Å². The van der Waals surface area contributed by atoms with Crippen molar-refractivity contribution in [1.82, 2.24) is 4.90 Å². The molecule has 1 aliphatic heterocycles. The van der Waals surface area contributed by atoms with Gasteiger partial charge in [0, 0.05) is 5.56 Å². The number of aryl methyl sites for hydroxylation is 1. The number of thioether (sulfide) groups is 1. The van der Waals surface area contributed by atoms with E-state index in [0.29, 0.717) is 28.4 Å². The van der Waals surface area contributed by atoms with Crippen molar-refractivity contribution in [2.75, 3.05) is 0 Å². The smallest absolute Gasteiger partial charge is 0.293 e. The summed E-state index contributed by atoms with van der Waals surface area (Å²) in [5, 5.41) is 8.92. The van der Waals surface area contributed by atoms with Crippen LogP contribution in [0.5, 0.6) is 5.75 Å². The molecule has 0 spiro atoms. The van der Waals surface area contributed by atoms with Gasteiger partial charge in [0.15, 0.2) is 0 Å². The number of hydrogen-bond acceptors (Lipinski definition) is 5. The molecule has 158 valence electrons. The van der Waals surface area contributed by atoms with Crippen LogP contribution in [-0.2, 0) is 17.9 Å². The molecule has 2 amide bonds. The average molecular weight is 441 g/mol. The zero-order valence-electron chi connectivity index (χ0n) is 17.4. The van der Waals surface area contributed by atoms with E-state index in [2.05, 4.69) is 6.07 Å². The van der Waals surface area contributed by atoms with E-state index in [1.807, 2.05) is 55.5 Å². The van der Waals surface area contributed by atoms with E-state index < -0.39 is 0 Å². The third-order valence-electron chi connectivity index (χ3n) is 5.06. The molecule has 0 saturated carbocycles. The lowest BCUT2D eigenvalue weighted by atomic mass is 10.1. The summed E-state index contributed by atoms with van der Waals surface area (Å²) in [4.78, 5) is 27.0. The summed E-state index contributed by atoms with van der Waals surface area (Å²) in [6.07, 6.45) is 1.69. The molecule has 0 atom stereocenters. The molecule has 3 aromatic carbocycles. The van der Waals surface area contributed by atoms with Gasteiger partial charge >= 0.3 is 0 Å². The Labute approximate surface area is 190 Å². The lowest BCUT2D eigenvalue weighted by Gasteiger charge is -2.13. The van der Waals surface area contributed by atoms with Crippen LogP contribution in [0.1, 0.15) is 27.8 Å². The van der Waals surface area contributed by atoms with Crippen molar-refractivity contribution in [3.05, 3.63) is 106 Å². The van der Waals surface area contributed by atoms with Crippen LogP contribution in [0.3, 0.4) is 0 Å². The van der Waals surface area contributed by atoms with Crippen LogP contribution < -0.4 is 4.74 Å². The molecule has 0 aromatic heterocycles. The standard InChI is InChI=1S/C26H20N2O3S/c1-18-10-12-19(13-11-18)17-31-23-9-5-4-6-20(23)14-24-25(29)28(26(30)32-24)16-22-8-3-2-7-21(22)15-27/h2-14H,16-17H2,1H3/b24-14+. The van der Waals surface area contributed by atoms with Crippen molar-refractivity contribution >= 4 is 29.0 Å². The van der Waals surface area contributed by atoms with Crippen molar-refractivity contribution < 1.29 is 14.3 Å². The molecule has 1 aliphatic rings. The van der Waals surface area contributed by atoms with Crippen LogP contribution in [0, 0.1) is 18.3 Å². The monoisotopic (exact) mass is 440 g/mol. The second-order valence-electron chi connectivity index (χ2n) is 7.35. The number of imide groups is 1. The molecule has 0 bridgehead atoms. The van der Waals surface area contributed by atoms with Crippen molar-refractivity contribution in [2.24, 2.45) is 0 Å². The zero-order valence-corrected chi connectivity index (χ0v) is 18.3. The molecule has 0 unspecified atom stereocenters. The fourth-order valence-corrected chi connectivity index (χ4v) is 4.12. The molecule has 3 aromatic rings. The fourth-order valence-electron chi connectivity index (χ4n) is 3.29. The lowest BCUT2D eigenvalue weighted by molar-refractivity contribution is -0.123. The van der Waals surface area contributed by atoms with E-state index in [0.717, 1.165) is 22.9 Å². The number of ether oxygens (including phenoxy) is 1. The molecule has 0 aliphatic carbocycles. The third-order valence-corrected chi connectivity index (χ3v) is 5.97. The van der Waals surface area contributed by atoms with Gasteiger partial charge < -0.3 is 4.74 Å². The number of amides is 2. The van der Waals surface area contributed by atoms with Gasteiger partial charge in [0.1, 0.15) is 12.4 Å². The Morgan fingerprint density at radius 1 is 1.00 bits per heavy atom. The normalized spacial score (nSPS) is 14.6. The van der Waals surface area contributed by atoms with Crippen LogP contribution in [-0.4, -0.2) is 16.0 Å². The second-order valence-corrected chi connectivity index (χ2v) is 8.34. The minimum Gasteiger partial charge on any atom is -0.488 e. The van der Waals surface area contributed by atoms with Crippen LogP contribution in [0.25, 0.3) is 6.08 Å². The van der Waals surface area contributed by atoms with Gasteiger partial charge in [-0.2, -0.15) is 5.26 Å². The molecular weight excluding hydrogens is 420 g/mol. The zero-order chi connectivity index (χ0) is 22.5. The van der Waals surface area contributed by atoms with Gasteiger partial charge in [0.25, 0.3) is 11.1 Å². The first-order valence-electron chi connectivity index (χ1n) is 10.1.